The molecule has 5 atom stereocenters. The van der Waals surface area contributed by atoms with Gasteiger partial charge in [-0.3, -0.25) is 29.2 Å². The van der Waals surface area contributed by atoms with E-state index >= 15 is 8.78 Å². The molecule has 4 saturated heterocycles. The van der Waals surface area contributed by atoms with Gasteiger partial charge >= 0.3 is 36.2 Å². The Hall–Kier alpha value is -6.95. The highest BCUT2D eigenvalue weighted by Crippen LogP contribution is 2.43. The maximum Gasteiger partial charge on any atom is 0.514 e. The molecule has 84 heavy (non-hydrogen) atoms. The molecule has 2 aromatic carbocycles. The number of piperazine rings is 1. The van der Waals surface area contributed by atoms with Crippen LogP contribution in [0.3, 0.4) is 0 Å². The van der Waals surface area contributed by atoms with E-state index in [0.29, 0.717) is 38.6 Å². The minimum atomic E-state index is -1.28. The lowest BCUT2D eigenvalue weighted by Crippen LogP contribution is -2.56. The Kier molecular flexibility index (Phi) is 22.3. The van der Waals surface area contributed by atoms with Crippen LogP contribution in [0.1, 0.15) is 169 Å². The number of esters is 3. The molecule has 4 fully saturated rings. The zero-order valence-corrected chi connectivity index (χ0v) is 49.2. The number of amides is 1. The topological polar surface area (TPSA) is 198 Å². The van der Waals surface area contributed by atoms with Crippen molar-refractivity contribution < 1.29 is 70.3 Å². The van der Waals surface area contributed by atoms with Gasteiger partial charge in [0.05, 0.1) is 28.6 Å². The quantitative estimate of drug-likeness (QED) is 0.0124. The average Bonchev–Trinajstić information content (AvgIpc) is 2.20. The zero-order chi connectivity index (χ0) is 59.9. The predicted molar refractivity (Wildman–Crippen MR) is 308 cm³/mol. The third kappa shape index (κ3) is 16.1. The highest BCUT2D eigenvalue weighted by molar-refractivity contribution is 6.03. The molecule has 8 rings (SSSR count). The summed E-state index contributed by atoms with van der Waals surface area (Å²) in [4.78, 5) is 85.3. The molecule has 0 aliphatic carbocycles. The van der Waals surface area contributed by atoms with Crippen molar-refractivity contribution in [1.82, 2.24) is 24.8 Å². The van der Waals surface area contributed by atoms with Crippen LogP contribution in [-0.4, -0.2) is 137 Å². The molecule has 0 spiro atoms. The van der Waals surface area contributed by atoms with E-state index in [2.05, 4.69) is 34.6 Å². The Balaban J connectivity index is 1.08. The second-order valence-electron chi connectivity index (χ2n) is 23.2. The normalized spacial score (nSPS) is 19.6. The lowest BCUT2D eigenvalue weighted by molar-refractivity contribution is -0.167. The van der Waals surface area contributed by atoms with E-state index in [1.807, 2.05) is 18.7 Å². The fourth-order valence-corrected chi connectivity index (χ4v) is 12.1. The molecule has 1 amide bonds. The van der Waals surface area contributed by atoms with Gasteiger partial charge in [0.1, 0.15) is 54.6 Å². The van der Waals surface area contributed by atoms with Gasteiger partial charge in [-0.1, -0.05) is 104 Å². The number of terminal acetylenes is 1. The molecule has 0 N–H and O–H groups in total. The van der Waals surface area contributed by atoms with E-state index in [4.69, 9.17) is 44.6 Å². The highest BCUT2D eigenvalue weighted by atomic mass is 19.1. The van der Waals surface area contributed by atoms with E-state index in [1.54, 1.807) is 4.90 Å². The number of rotatable bonds is 29. The SMILES string of the molecule is C#Cc1c(F)ccc2cc(OC(=O)OC(COC(=O)CCCCCCCC)COC(=O)CCCCCCCC)cc(-c3ncc4c(N5CC6CCC(C5)N6C(=O)OC(C)OC(=O)CC(C)C)nc(OC[C@@]56CCCN5C[C@H](F)C6)nc4c3F)c12. The molecule has 6 heterocycles. The summed E-state index contributed by atoms with van der Waals surface area (Å²) in [5.74, 6) is -0.787. The Morgan fingerprint density at radius 2 is 1.46 bits per heavy atom. The van der Waals surface area contributed by atoms with Crippen LogP contribution >= 0.6 is 0 Å². The van der Waals surface area contributed by atoms with Gasteiger partial charge in [0, 0.05) is 69.4 Å². The fourth-order valence-electron chi connectivity index (χ4n) is 12.1. The number of hydrogen-bond acceptors (Lipinski definition) is 17. The Morgan fingerprint density at radius 1 is 0.810 bits per heavy atom. The van der Waals surface area contributed by atoms with E-state index < -0.39 is 79.1 Å². The van der Waals surface area contributed by atoms with Gasteiger partial charge in [-0.2, -0.15) is 9.97 Å². The summed E-state index contributed by atoms with van der Waals surface area (Å²) < 4.78 is 88.4. The number of fused-ring (bicyclic) bond motifs is 5. The number of hydrogen-bond donors (Lipinski definition) is 0. The first-order valence-corrected chi connectivity index (χ1v) is 30.2. The second kappa shape index (κ2) is 29.7. The lowest BCUT2D eigenvalue weighted by atomic mass is 9.95. The number of carbonyl (C=O) groups excluding carboxylic acids is 5. The molecule has 2 aromatic heterocycles. The Morgan fingerprint density at radius 3 is 2.11 bits per heavy atom. The third-order valence-corrected chi connectivity index (χ3v) is 16.2. The van der Waals surface area contributed by atoms with Gasteiger partial charge < -0.3 is 38.1 Å². The van der Waals surface area contributed by atoms with E-state index in [-0.39, 0.29) is 126 Å². The summed E-state index contributed by atoms with van der Waals surface area (Å²) in [6.45, 7) is 10.1. The number of aromatic nitrogens is 3. The molecule has 4 aliphatic rings. The average molecular weight is 1170 g/mol. The maximum atomic E-state index is 18.0. The fraction of sp³-hybridized carbons (Fsp3) is 0.619. The largest absolute Gasteiger partial charge is 0.514 e. The molecule has 456 valence electrons. The first-order valence-electron chi connectivity index (χ1n) is 30.2. The van der Waals surface area contributed by atoms with Crippen LogP contribution in [0.25, 0.3) is 32.9 Å². The summed E-state index contributed by atoms with van der Waals surface area (Å²) in [5.41, 5.74) is -1.52. The number of halogens is 3. The number of carbonyl (C=O) groups is 5. The van der Waals surface area contributed by atoms with Crippen LogP contribution in [0, 0.1) is 29.9 Å². The molecule has 4 aliphatic heterocycles. The Bertz CT molecular complexity index is 2970. The molecule has 3 unspecified atom stereocenters. The van der Waals surface area contributed by atoms with Gasteiger partial charge in [-0.25, -0.2) is 22.8 Å². The molecular formula is C63H81F3N6O12. The number of unbranched alkanes of at least 4 members (excludes halogenated alkanes) is 10. The molecule has 0 radical (unpaired) electrons. The van der Waals surface area contributed by atoms with E-state index in [1.165, 1.54) is 31.3 Å². The summed E-state index contributed by atoms with van der Waals surface area (Å²) in [6.07, 6.45) is 16.9. The molecule has 2 bridgehead atoms. The molecule has 21 heteroatoms. The second-order valence-corrected chi connectivity index (χ2v) is 23.2. The smallest absolute Gasteiger partial charge is 0.462 e. The van der Waals surface area contributed by atoms with Gasteiger partial charge in [0.2, 0.25) is 6.29 Å². The zero-order valence-electron chi connectivity index (χ0n) is 49.2. The predicted octanol–water partition coefficient (Wildman–Crippen LogP) is 12.3. The van der Waals surface area contributed by atoms with Crippen molar-refractivity contribution in [3.8, 4) is 35.4 Å². The van der Waals surface area contributed by atoms with E-state index in [9.17, 15) is 28.4 Å². The lowest BCUT2D eigenvalue weighted by Gasteiger charge is -2.41. The summed E-state index contributed by atoms with van der Waals surface area (Å²) in [6, 6.07) is 4.21. The van der Waals surface area contributed by atoms with Crippen LogP contribution in [0.2, 0.25) is 0 Å². The first-order chi connectivity index (χ1) is 40.5. The van der Waals surface area contributed by atoms with Crippen LogP contribution in [0.5, 0.6) is 11.8 Å². The summed E-state index contributed by atoms with van der Waals surface area (Å²) in [7, 11) is 0. The molecule has 4 aromatic rings. The monoisotopic (exact) mass is 1170 g/mol. The van der Waals surface area contributed by atoms with Crippen molar-refractivity contribution in [2.75, 3.05) is 50.9 Å². The number of ether oxygens (including phenoxy) is 7. The molecule has 18 nitrogen and oxygen atoms in total. The first kappa shape index (κ1) is 63.1. The van der Waals surface area contributed by atoms with Gasteiger partial charge in [0.15, 0.2) is 11.9 Å². The van der Waals surface area contributed by atoms with Crippen molar-refractivity contribution in [3.05, 3.63) is 47.7 Å². The molecule has 0 saturated carbocycles. The Labute approximate surface area is 490 Å². The van der Waals surface area contributed by atoms with Crippen LogP contribution in [-0.2, 0) is 38.1 Å². The number of benzene rings is 2. The van der Waals surface area contributed by atoms with Crippen molar-refractivity contribution >= 4 is 57.6 Å². The van der Waals surface area contributed by atoms with Crippen molar-refractivity contribution in [3.63, 3.8) is 0 Å². The minimum absolute atomic E-state index is 0.0256. The van der Waals surface area contributed by atoms with Crippen LogP contribution in [0.15, 0.2) is 30.5 Å². The van der Waals surface area contributed by atoms with Crippen LogP contribution < -0.4 is 14.4 Å². The maximum absolute atomic E-state index is 18.0. The van der Waals surface area contributed by atoms with Crippen molar-refractivity contribution in [2.45, 2.75) is 199 Å². The summed E-state index contributed by atoms with van der Waals surface area (Å²) >= 11 is 0. The number of anilines is 1. The van der Waals surface area contributed by atoms with Crippen molar-refractivity contribution in [1.29, 1.82) is 0 Å². The minimum Gasteiger partial charge on any atom is -0.462 e. The summed E-state index contributed by atoms with van der Waals surface area (Å²) in [5, 5.41) is 0.471. The standard InChI is InChI=1S/C63H81F3N6O12/c1-7-10-12-14-16-18-21-52(73)78-37-47(38-79-53(74)22-19-17-15-13-11-8-2)84-62(77)83-46-30-42-23-26-51(65)48(9-3)55(42)49(31-46)57-56(66)58-50(33-67-57)59(69-60(68-58)80-39-63-27-20-28-71(63)34-43(64)32-63)70-35-44-24-25-45(36-70)72(44)61(76)82-41(6)81-54(75)29-40(4)5/h3,23,26,30-31,33,40-41,43-45,47H,7-8,10-22,24-25,27-29,32,34-39H2,1-2,4-6H3/t41?,43-,44?,45?,63+/m1/s1. The van der Waals surface area contributed by atoms with Crippen molar-refractivity contribution in [2.24, 2.45) is 5.92 Å². The van der Waals surface area contributed by atoms with Gasteiger partial charge in [0.25, 0.3) is 0 Å². The number of nitrogens with zero attached hydrogens (tertiary/aromatic N) is 6. The molecular weight excluding hydrogens is 1090 g/mol. The number of pyridine rings is 1. The third-order valence-electron chi connectivity index (χ3n) is 16.2. The van der Waals surface area contributed by atoms with Crippen LogP contribution in [0.4, 0.5) is 28.6 Å². The van der Waals surface area contributed by atoms with E-state index in [0.717, 1.165) is 76.7 Å². The van der Waals surface area contributed by atoms with Gasteiger partial charge in [-0.05, 0) is 74.6 Å². The van der Waals surface area contributed by atoms with Gasteiger partial charge in [-0.15, -0.1) is 6.42 Å². The highest BCUT2D eigenvalue weighted by Gasteiger charge is 2.50. The number of alkyl halides is 1.